The molecular formula is C22H28N2O3. The van der Waals surface area contributed by atoms with Gasteiger partial charge in [0.25, 0.3) is 11.8 Å². The van der Waals surface area contributed by atoms with Gasteiger partial charge in [0.05, 0.1) is 0 Å². The lowest BCUT2D eigenvalue weighted by atomic mass is 10.1. The summed E-state index contributed by atoms with van der Waals surface area (Å²) in [5, 5.41) is 2.83. The maximum Gasteiger partial charge on any atom is 0.265 e. The van der Waals surface area contributed by atoms with Crippen LogP contribution in [0.2, 0.25) is 0 Å². The fraction of sp³-hybridized carbons (Fsp3) is 0.364. The van der Waals surface area contributed by atoms with Crippen LogP contribution in [0.3, 0.4) is 0 Å². The number of amides is 2. The van der Waals surface area contributed by atoms with Crippen LogP contribution >= 0.6 is 0 Å². The molecule has 2 amide bonds. The molecule has 0 fully saturated rings. The van der Waals surface area contributed by atoms with E-state index < -0.39 is 6.10 Å². The summed E-state index contributed by atoms with van der Waals surface area (Å²) in [6, 6.07) is 16.3. The number of nitrogens with one attached hydrogen (secondary N) is 1. The van der Waals surface area contributed by atoms with Gasteiger partial charge in [0.15, 0.2) is 6.10 Å². The molecule has 0 radical (unpaired) electrons. The van der Waals surface area contributed by atoms with Gasteiger partial charge in [-0.05, 0) is 50.1 Å². The Labute approximate surface area is 161 Å². The molecule has 0 aliphatic carbocycles. The first-order valence-corrected chi connectivity index (χ1v) is 9.47. The number of carbonyl (C=O) groups excluding carboxylic acids is 2. The average Bonchev–Trinajstić information content (AvgIpc) is 2.68. The molecule has 0 saturated carbocycles. The van der Waals surface area contributed by atoms with E-state index in [-0.39, 0.29) is 11.8 Å². The number of rotatable bonds is 9. The number of anilines is 1. The van der Waals surface area contributed by atoms with E-state index in [1.807, 2.05) is 23.1 Å². The molecule has 1 unspecified atom stereocenters. The molecule has 0 saturated heterocycles. The van der Waals surface area contributed by atoms with Crippen LogP contribution in [0, 0.1) is 0 Å². The highest BCUT2D eigenvalue weighted by molar-refractivity contribution is 5.98. The Morgan fingerprint density at radius 2 is 1.67 bits per heavy atom. The second-order valence-electron chi connectivity index (χ2n) is 6.44. The van der Waals surface area contributed by atoms with Crippen molar-refractivity contribution in [1.29, 1.82) is 0 Å². The second-order valence-corrected chi connectivity index (χ2v) is 6.44. The zero-order valence-electron chi connectivity index (χ0n) is 16.3. The SMILES string of the molecule is CCCN(CCC)C(=O)c1cccc(NC(=O)C(C)Oc2ccccc2)c1. The molecular weight excluding hydrogens is 340 g/mol. The Balaban J connectivity index is 2.03. The van der Waals surface area contributed by atoms with Gasteiger partial charge in [-0.15, -0.1) is 0 Å². The Bertz CT molecular complexity index is 740. The smallest absolute Gasteiger partial charge is 0.265 e. The van der Waals surface area contributed by atoms with E-state index >= 15 is 0 Å². The fourth-order valence-corrected chi connectivity index (χ4v) is 2.77. The van der Waals surface area contributed by atoms with Gasteiger partial charge in [-0.3, -0.25) is 9.59 Å². The Morgan fingerprint density at radius 3 is 2.30 bits per heavy atom. The van der Waals surface area contributed by atoms with Crippen LogP contribution in [0.4, 0.5) is 5.69 Å². The first-order valence-electron chi connectivity index (χ1n) is 9.47. The molecule has 1 N–H and O–H groups in total. The number of hydrogen-bond donors (Lipinski definition) is 1. The van der Waals surface area contributed by atoms with E-state index in [1.165, 1.54) is 0 Å². The van der Waals surface area contributed by atoms with Crippen molar-refractivity contribution in [3.63, 3.8) is 0 Å². The zero-order chi connectivity index (χ0) is 19.6. The summed E-state index contributed by atoms with van der Waals surface area (Å²) in [4.78, 5) is 27.0. The summed E-state index contributed by atoms with van der Waals surface area (Å²) < 4.78 is 5.64. The van der Waals surface area contributed by atoms with Crippen LogP contribution in [-0.2, 0) is 4.79 Å². The first kappa shape index (κ1) is 20.5. The molecule has 27 heavy (non-hydrogen) atoms. The summed E-state index contributed by atoms with van der Waals surface area (Å²) >= 11 is 0. The average molecular weight is 368 g/mol. The van der Waals surface area contributed by atoms with Gasteiger partial charge in [0.1, 0.15) is 5.75 Å². The van der Waals surface area contributed by atoms with Crippen LogP contribution in [0.5, 0.6) is 5.75 Å². The Hall–Kier alpha value is -2.82. The van der Waals surface area contributed by atoms with Crippen molar-refractivity contribution in [2.45, 2.75) is 39.7 Å². The summed E-state index contributed by atoms with van der Waals surface area (Å²) in [7, 11) is 0. The van der Waals surface area contributed by atoms with Gasteiger partial charge < -0.3 is 15.0 Å². The van der Waals surface area contributed by atoms with Crippen molar-refractivity contribution in [1.82, 2.24) is 4.90 Å². The molecule has 0 bridgehead atoms. The van der Waals surface area contributed by atoms with Crippen LogP contribution < -0.4 is 10.1 Å². The van der Waals surface area contributed by atoms with Gasteiger partial charge in [0.2, 0.25) is 0 Å². The third-order valence-corrected chi connectivity index (χ3v) is 4.08. The quantitative estimate of drug-likeness (QED) is 0.716. The van der Waals surface area contributed by atoms with Crippen LogP contribution in [0.15, 0.2) is 54.6 Å². The maximum absolute atomic E-state index is 12.7. The number of nitrogens with zero attached hydrogens (tertiary/aromatic N) is 1. The zero-order valence-corrected chi connectivity index (χ0v) is 16.3. The largest absolute Gasteiger partial charge is 0.481 e. The van der Waals surface area contributed by atoms with Crippen molar-refractivity contribution >= 4 is 17.5 Å². The molecule has 0 aromatic heterocycles. The predicted molar refractivity (Wildman–Crippen MR) is 108 cm³/mol. The third-order valence-electron chi connectivity index (χ3n) is 4.08. The minimum absolute atomic E-state index is 0.0108. The molecule has 2 aromatic carbocycles. The molecule has 0 spiro atoms. The maximum atomic E-state index is 12.7. The summed E-state index contributed by atoms with van der Waals surface area (Å²) in [5.74, 6) is 0.365. The van der Waals surface area contributed by atoms with E-state index in [9.17, 15) is 9.59 Å². The van der Waals surface area contributed by atoms with Crippen molar-refractivity contribution in [3.8, 4) is 5.75 Å². The highest BCUT2D eigenvalue weighted by atomic mass is 16.5. The highest BCUT2D eigenvalue weighted by Gasteiger charge is 2.17. The van der Waals surface area contributed by atoms with E-state index in [2.05, 4.69) is 19.2 Å². The lowest BCUT2D eigenvalue weighted by Crippen LogP contribution is -2.33. The third kappa shape index (κ3) is 6.13. The normalized spacial score (nSPS) is 11.5. The minimum atomic E-state index is -0.650. The van der Waals surface area contributed by atoms with Gasteiger partial charge in [-0.1, -0.05) is 38.1 Å². The second kappa shape index (κ2) is 10.4. The van der Waals surface area contributed by atoms with Crippen molar-refractivity contribution in [3.05, 3.63) is 60.2 Å². The van der Waals surface area contributed by atoms with E-state index in [4.69, 9.17) is 4.74 Å². The van der Waals surface area contributed by atoms with Gasteiger partial charge in [0, 0.05) is 24.3 Å². The van der Waals surface area contributed by atoms with Crippen molar-refractivity contribution < 1.29 is 14.3 Å². The molecule has 1 atom stereocenters. The van der Waals surface area contributed by atoms with Crippen molar-refractivity contribution in [2.24, 2.45) is 0 Å². The standard InChI is InChI=1S/C22H28N2O3/c1-4-14-24(15-5-2)22(26)18-10-9-11-19(16-18)23-21(25)17(3)27-20-12-7-6-8-13-20/h6-13,16-17H,4-5,14-15H2,1-3H3,(H,23,25). The van der Waals surface area contributed by atoms with E-state index in [0.717, 1.165) is 25.9 Å². The van der Waals surface area contributed by atoms with Gasteiger partial charge in [-0.2, -0.15) is 0 Å². The number of hydrogen-bond acceptors (Lipinski definition) is 3. The number of para-hydroxylation sites is 1. The Kier molecular flexibility index (Phi) is 7.86. The Morgan fingerprint density at radius 1 is 1.00 bits per heavy atom. The fourth-order valence-electron chi connectivity index (χ4n) is 2.77. The number of benzene rings is 2. The van der Waals surface area contributed by atoms with Gasteiger partial charge in [-0.25, -0.2) is 0 Å². The lowest BCUT2D eigenvalue weighted by molar-refractivity contribution is -0.122. The predicted octanol–water partition coefficient (Wildman–Crippen LogP) is 4.35. The summed E-state index contributed by atoms with van der Waals surface area (Å²) in [6.07, 6.45) is 1.18. The highest BCUT2D eigenvalue weighted by Crippen LogP contribution is 2.16. The molecule has 2 aromatic rings. The van der Waals surface area contributed by atoms with Gasteiger partial charge >= 0.3 is 0 Å². The molecule has 2 rings (SSSR count). The van der Waals surface area contributed by atoms with Crippen LogP contribution in [0.1, 0.15) is 44.0 Å². The molecule has 5 heteroatoms. The lowest BCUT2D eigenvalue weighted by Gasteiger charge is -2.22. The summed E-state index contributed by atoms with van der Waals surface area (Å²) in [6.45, 7) is 7.26. The summed E-state index contributed by atoms with van der Waals surface area (Å²) in [5.41, 5.74) is 1.16. The molecule has 5 nitrogen and oxygen atoms in total. The molecule has 0 aliphatic rings. The monoisotopic (exact) mass is 368 g/mol. The first-order chi connectivity index (χ1) is 13.0. The van der Waals surface area contributed by atoms with Crippen molar-refractivity contribution in [2.75, 3.05) is 18.4 Å². The topological polar surface area (TPSA) is 58.6 Å². The molecule has 144 valence electrons. The molecule has 0 heterocycles. The van der Waals surface area contributed by atoms with E-state index in [1.54, 1.807) is 43.3 Å². The van der Waals surface area contributed by atoms with Crippen LogP contribution in [-0.4, -0.2) is 35.9 Å². The van der Waals surface area contributed by atoms with Crippen LogP contribution in [0.25, 0.3) is 0 Å². The number of carbonyl (C=O) groups is 2. The van der Waals surface area contributed by atoms with E-state index in [0.29, 0.717) is 17.0 Å². The minimum Gasteiger partial charge on any atom is -0.481 e. The number of ether oxygens (including phenoxy) is 1. The molecule has 0 aliphatic heterocycles.